The molecule has 3 atom stereocenters. The third-order valence-electron chi connectivity index (χ3n) is 4.46. The van der Waals surface area contributed by atoms with Crippen LogP contribution < -0.4 is 0 Å². The summed E-state index contributed by atoms with van der Waals surface area (Å²) in [5, 5.41) is 8.10. The third-order valence-corrected chi connectivity index (χ3v) is 4.46. The van der Waals surface area contributed by atoms with Gasteiger partial charge in [0.05, 0.1) is 0 Å². The molecule has 0 spiro atoms. The number of fused-ring (bicyclic) bond motifs is 2. The molecule has 0 aromatic carbocycles. The van der Waals surface area contributed by atoms with Crippen LogP contribution >= 0.6 is 0 Å². The summed E-state index contributed by atoms with van der Waals surface area (Å²) in [6, 6.07) is 0.799. The van der Waals surface area contributed by atoms with Crippen molar-refractivity contribution in [1.82, 2.24) is 15.1 Å². The van der Waals surface area contributed by atoms with E-state index in [0.717, 1.165) is 30.8 Å². The molecule has 1 aromatic rings. The number of rotatable bonds is 3. The zero-order valence-corrected chi connectivity index (χ0v) is 10.9. The van der Waals surface area contributed by atoms with Gasteiger partial charge in [-0.25, -0.2) is 0 Å². The van der Waals surface area contributed by atoms with Crippen LogP contribution in [0, 0.1) is 12.8 Å². The van der Waals surface area contributed by atoms with Crippen LogP contribution in [-0.4, -0.2) is 33.2 Å². The van der Waals surface area contributed by atoms with E-state index in [4.69, 9.17) is 4.42 Å². The van der Waals surface area contributed by atoms with Gasteiger partial charge in [0.2, 0.25) is 11.8 Å². The minimum absolute atomic E-state index is 0.316. The summed E-state index contributed by atoms with van der Waals surface area (Å²) in [5.74, 6) is 2.33. The maximum Gasteiger partial charge on any atom is 0.218 e. The second-order valence-electron chi connectivity index (χ2n) is 5.80. The summed E-state index contributed by atoms with van der Waals surface area (Å²) in [4.78, 5) is 2.65. The van der Waals surface area contributed by atoms with Crippen molar-refractivity contribution < 1.29 is 4.42 Å². The SMILES string of the molecule is CCN1C2CC(C)CC1(Cc1nnc(C)o1)C2. The molecule has 1 aliphatic carbocycles. The smallest absolute Gasteiger partial charge is 0.218 e. The molecule has 0 N–H and O–H groups in total. The molecule has 2 bridgehead atoms. The Morgan fingerprint density at radius 3 is 2.88 bits per heavy atom. The molecule has 2 saturated heterocycles. The topological polar surface area (TPSA) is 42.2 Å². The van der Waals surface area contributed by atoms with Crippen molar-refractivity contribution in [3.8, 4) is 0 Å². The van der Waals surface area contributed by atoms with E-state index in [9.17, 15) is 0 Å². The Balaban J connectivity index is 1.80. The lowest BCUT2D eigenvalue weighted by atomic mass is 9.63. The molecule has 3 heterocycles. The number of nitrogens with zero attached hydrogens (tertiary/aromatic N) is 3. The highest BCUT2D eigenvalue weighted by Crippen LogP contribution is 2.50. The molecule has 3 fully saturated rings. The van der Waals surface area contributed by atoms with Gasteiger partial charge in [-0.3, -0.25) is 4.90 Å². The highest BCUT2D eigenvalue weighted by Gasteiger charge is 2.55. The quantitative estimate of drug-likeness (QED) is 0.805. The van der Waals surface area contributed by atoms with Gasteiger partial charge in [-0.15, -0.1) is 10.2 Å². The van der Waals surface area contributed by atoms with Gasteiger partial charge in [0.15, 0.2) is 0 Å². The highest BCUT2D eigenvalue weighted by atomic mass is 16.4. The van der Waals surface area contributed by atoms with Gasteiger partial charge in [0.25, 0.3) is 0 Å². The molecule has 1 saturated carbocycles. The number of aromatic nitrogens is 2. The molecule has 4 heteroatoms. The van der Waals surface area contributed by atoms with Crippen molar-refractivity contribution in [3.63, 3.8) is 0 Å². The van der Waals surface area contributed by atoms with Crippen molar-refractivity contribution in [2.45, 2.75) is 58.0 Å². The van der Waals surface area contributed by atoms with Crippen molar-refractivity contribution in [3.05, 3.63) is 11.8 Å². The van der Waals surface area contributed by atoms with E-state index in [1.54, 1.807) is 0 Å². The lowest BCUT2D eigenvalue weighted by molar-refractivity contribution is -0.128. The lowest BCUT2D eigenvalue weighted by Crippen LogP contribution is -2.70. The summed E-state index contributed by atoms with van der Waals surface area (Å²) in [6.45, 7) is 7.63. The molecule has 94 valence electrons. The molecule has 4 nitrogen and oxygen atoms in total. The maximum atomic E-state index is 5.56. The largest absolute Gasteiger partial charge is 0.426 e. The summed E-state index contributed by atoms with van der Waals surface area (Å²) in [7, 11) is 0. The zero-order chi connectivity index (χ0) is 12.0. The van der Waals surface area contributed by atoms with Crippen LogP contribution in [0.4, 0.5) is 0 Å². The van der Waals surface area contributed by atoms with E-state index in [1.807, 2.05) is 6.92 Å². The van der Waals surface area contributed by atoms with Crippen molar-refractivity contribution >= 4 is 0 Å². The van der Waals surface area contributed by atoms with Gasteiger partial charge in [0, 0.05) is 24.9 Å². The minimum Gasteiger partial charge on any atom is -0.426 e. The fourth-order valence-electron chi connectivity index (χ4n) is 4.08. The Hall–Kier alpha value is -0.900. The van der Waals surface area contributed by atoms with Crippen LogP contribution in [0.3, 0.4) is 0 Å². The molecule has 17 heavy (non-hydrogen) atoms. The predicted octanol–water partition coefficient (Wildman–Crippen LogP) is 2.18. The van der Waals surface area contributed by atoms with E-state index in [2.05, 4.69) is 28.9 Å². The van der Waals surface area contributed by atoms with Crippen molar-refractivity contribution in [2.75, 3.05) is 6.54 Å². The van der Waals surface area contributed by atoms with Gasteiger partial charge in [-0.2, -0.15) is 0 Å². The monoisotopic (exact) mass is 235 g/mol. The van der Waals surface area contributed by atoms with Gasteiger partial charge in [-0.1, -0.05) is 13.8 Å². The first-order valence-corrected chi connectivity index (χ1v) is 6.69. The Labute approximate surface area is 102 Å². The maximum absolute atomic E-state index is 5.56. The van der Waals surface area contributed by atoms with Crippen molar-refractivity contribution in [1.29, 1.82) is 0 Å². The number of piperidine rings is 1. The molecule has 4 rings (SSSR count). The first-order chi connectivity index (χ1) is 8.13. The fourth-order valence-corrected chi connectivity index (χ4v) is 4.08. The van der Waals surface area contributed by atoms with Gasteiger partial charge in [-0.05, 0) is 31.7 Å². The van der Waals surface area contributed by atoms with Crippen LogP contribution in [0.1, 0.15) is 44.9 Å². The predicted molar refractivity (Wildman–Crippen MR) is 64.7 cm³/mol. The zero-order valence-electron chi connectivity index (χ0n) is 10.9. The standard InChI is InChI=1S/C13H21N3O/c1-4-16-11-5-9(2)6-13(16,7-11)8-12-15-14-10(3)17-12/h9,11H,4-8H2,1-3H3. The molecule has 0 radical (unpaired) electrons. The first kappa shape index (κ1) is 11.2. The van der Waals surface area contributed by atoms with E-state index >= 15 is 0 Å². The summed E-state index contributed by atoms with van der Waals surface area (Å²) >= 11 is 0. The average molecular weight is 235 g/mol. The molecule has 3 aliphatic rings. The Kier molecular flexibility index (Phi) is 2.51. The Morgan fingerprint density at radius 2 is 2.24 bits per heavy atom. The Bertz CT molecular complexity index is 417. The van der Waals surface area contributed by atoms with Gasteiger partial charge in [0.1, 0.15) is 0 Å². The van der Waals surface area contributed by atoms with E-state index in [0.29, 0.717) is 11.4 Å². The molecular formula is C13H21N3O. The van der Waals surface area contributed by atoms with Gasteiger partial charge < -0.3 is 4.42 Å². The molecular weight excluding hydrogens is 214 g/mol. The summed E-state index contributed by atoms with van der Waals surface area (Å²) < 4.78 is 5.56. The Morgan fingerprint density at radius 1 is 1.41 bits per heavy atom. The van der Waals surface area contributed by atoms with Crippen LogP contribution in [0.25, 0.3) is 0 Å². The number of hydrogen-bond acceptors (Lipinski definition) is 4. The molecule has 0 amide bonds. The lowest BCUT2D eigenvalue weighted by Gasteiger charge is -2.63. The summed E-state index contributed by atoms with van der Waals surface area (Å²) in [6.07, 6.45) is 4.88. The van der Waals surface area contributed by atoms with E-state index in [1.165, 1.54) is 19.3 Å². The van der Waals surface area contributed by atoms with Crippen LogP contribution in [0.5, 0.6) is 0 Å². The number of aryl methyl sites for hydroxylation is 1. The number of hydrogen-bond donors (Lipinski definition) is 0. The first-order valence-electron chi connectivity index (χ1n) is 6.69. The third kappa shape index (κ3) is 1.69. The molecule has 2 aliphatic heterocycles. The molecule has 1 aromatic heterocycles. The van der Waals surface area contributed by atoms with Crippen LogP contribution in [0.15, 0.2) is 4.42 Å². The van der Waals surface area contributed by atoms with E-state index in [-0.39, 0.29) is 0 Å². The second kappa shape index (κ2) is 3.80. The normalized spacial score (nSPS) is 36.9. The average Bonchev–Trinajstić information content (AvgIpc) is 2.63. The van der Waals surface area contributed by atoms with Crippen LogP contribution in [-0.2, 0) is 6.42 Å². The van der Waals surface area contributed by atoms with Crippen molar-refractivity contribution in [2.24, 2.45) is 5.92 Å². The van der Waals surface area contributed by atoms with E-state index < -0.39 is 0 Å². The van der Waals surface area contributed by atoms with Crippen LogP contribution in [0.2, 0.25) is 0 Å². The van der Waals surface area contributed by atoms with Gasteiger partial charge >= 0.3 is 0 Å². The highest BCUT2D eigenvalue weighted by molar-refractivity contribution is 5.13. The fraction of sp³-hybridized carbons (Fsp3) is 0.846. The molecule has 3 unspecified atom stereocenters. The second-order valence-corrected chi connectivity index (χ2v) is 5.80. The number of likely N-dealkylation sites (N-methyl/N-ethyl adjacent to an activating group) is 1. The summed E-state index contributed by atoms with van der Waals surface area (Å²) in [5.41, 5.74) is 0.316. The minimum atomic E-state index is 0.316.